The van der Waals surface area contributed by atoms with Crippen LogP contribution in [0.4, 0.5) is 10.5 Å². The van der Waals surface area contributed by atoms with Crippen molar-refractivity contribution in [3.63, 3.8) is 0 Å². The van der Waals surface area contributed by atoms with Gasteiger partial charge in [0, 0.05) is 19.2 Å². The second-order valence-electron chi connectivity index (χ2n) is 4.65. The Morgan fingerprint density at radius 1 is 1.14 bits per heavy atom. The van der Waals surface area contributed by atoms with E-state index in [1.165, 1.54) is 6.92 Å². The molecule has 0 spiro atoms. The summed E-state index contributed by atoms with van der Waals surface area (Å²) in [6, 6.07) is 6.04. The van der Waals surface area contributed by atoms with Gasteiger partial charge < -0.3 is 15.4 Å². The van der Waals surface area contributed by atoms with Crippen LogP contribution in [0.3, 0.4) is 0 Å². The summed E-state index contributed by atoms with van der Waals surface area (Å²) in [5.41, 5.74) is 0.639. The number of anilines is 1. The summed E-state index contributed by atoms with van der Waals surface area (Å²) in [6.45, 7) is 3.69. The molecule has 0 saturated heterocycles. The first-order chi connectivity index (χ1) is 10.5. The number of unbranched alkanes of at least 4 members (excludes halogenated alkanes) is 1. The third kappa shape index (κ3) is 7.28. The molecule has 1 aromatic carbocycles. The van der Waals surface area contributed by atoms with Crippen LogP contribution in [0, 0.1) is 0 Å². The Morgan fingerprint density at radius 2 is 1.82 bits per heavy atom. The van der Waals surface area contributed by atoms with Gasteiger partial charge in [0.25, 0.3) is 5.91 Å². The molecule has 22 heavy (non-hydrogen) atoms. The van der Waals surface area contributed by atoms with E-state index in [-0.39, 0.29) is 12.5 Å². The highest BCUT2D eigenvalue weighted by Gasteiger charge is 2.07. The summed E-state index contributed by atoms with van der Waals surface area (Å²) < 4.78 is 5.25. The lowest BCUT2D eigenvalue weighted by Crippen LogP contribution is -2.41. The molecule has 0 aliphatic carbocycles. The van der Waals surface area contributed by atoms with Crippen LogP contribution >= 0.6 is 0 Å². The molecule has 7 nitrogen and oxygen atoms in total. The summed E-state index contributed by atoms with van der Waals surface area (Å²) in [7, 11) is 0. The van der Waals surface area contributed by atoms with Crippen molar-refractivity contribution in [2.75, 3.05) is 18.5 Å². The Bertz CT molecular complexity index is 514. The Kier molecular flexibility index (Phi) is 7.45. The van der Waals surface area contributed by atoms with E-state index in [2.05, 4.69) is 16.0 Å². The van der Waals surface area contributed by atoms with Gasteiger partial charge in [-0.2, -0.15) is 0 Å². The van der Waals surface area contributed by atoms with Crippen LogP contribution in [0.2, 0.25) is 0 Å². The van der Waals surface area contributed by atoms with Crippen LogP contribution in [0.1, 0.15) is 26.7 Å². The average Bonchev–Trinajstić information content (AvgIpc) is 2.46. The van der Waals surface area contributed by atoms with Crippen LogP contribution < -0.4 is 20.7 Å². The number of hydrogen-bond acceptors (Lipinski definition) is 4. The Hall–Kier alpha value is -2.57. The first-order valence-electron chi connectivity index (χ1n) is 7.09. The molecule has 0 aromatic heterocycles. The van der Waals surface area contributed by atoms with Gasteiger partial charge in [0.05, 0.1) is 0 Å². The van der Waals surface area contributed by atoms with Crippen molar-refractivity contribution in [2.45, 2.75) is 26.7 Å². The first-order valence-corrected chi connectivity index (χ1v) is 7.09. The fraction of sp³-hybridized carbons (Fsp3) is 0.400. The molecule has 1 aromatic rings. The largest absolute Gasteiger partial charge is 0.484 e. The van der Waals surface area contributed by atoms with Crippen molar-refractivity contribution >= 4 is 23.5 Å². The van der Waals surface area contributed by atoms with Crippen LogP contribution in [-0.4, -0.2) is 31.0 Å². The lowest BCUT2D eigenvalue weighted by Gasteiger charge is -2.08. The van der Waals surface area contributed by atoms with Gasteiger partial charge in [-0.25, -0.2) is 4.79 Å². The van der Waals surface area contributed by atoms with Crippen molar-refractivity contribution in [1.82, 2.24) is 10.6 Å². The summed E-state index contributed by atoms with van der Waals surface area (Å²) in [5.74, 6) is -0.224. The minimum atomic E-state index is -0.528. The number of nitrogens with one attached hydrogen (secondary N) is 3. The predicted molar refractivity (Wildman–Crippen MR) is 82.7 cm³/mol. The summed E-state index contributed by atoms with van der Waals surface area (Å²) in [6.07, 6.45) is 1.82. The van der Waals surface area contributed by atoms with E-state index >= 15 is 0 Å². The number of ether oxygens (including phenoxy) is 1. The Morgan fingerprint density at radius 3 is 2.41 bits per heavy atom. The Balaban J connectivity index is 2.31. The molecule has 7 heteroatoms. The number of benzene rings is 1. The summed E-state index contributed by atoms with van der Waals surface area (Å²) in [5, 5.41) is 7.37. The third-order valence-corrected chi connectivity index (χ3v) is 2.61. The van der Waals surface area contributed by atoms with Crippen molar-refractivity contribution in [3.05, 3.63) is 24.3 Å². The standard InChI is InChI=1S/C15H21N3O4/c1-3-4-9-16-15(21)18-14(20)10-22-13-7-5-12(6-8-13)17-11(2)19/h5-8H,3-4,9-10H2,1-2H3,(H,17,19)(H2,16,18,20,21). The summed E-state index contributed by atoms with van der Waals surface area (Å²) >= 11 is 0. The number of amides is 4. The SMILES string of the molecule is CCCCNC(=O)NC(=O)COc1ccc(NC(C)=O)cc1. The molecule has 1 rings (SSSR count). The highest BCUT2D eigenvalue weighted by atomic mass is 16.5. The molecule has 0 saturated carbocycles. The smallest absolute Gasteiger partial charge is 0.321 e. The number of hydrogen-bond donors (Lipinski definition) is 3. The van der Waals surface area contributed by atoms with E-state index in [0.717, 1.165) is 12.8 Å². The van der Waals surface area contributed by atoms with Crippen molar-refractivity contribution in [1.29, 1.82) is 0 Å². The molecule has 0 atom stereocenters. The van der Waals surface area contributed by atoms with Crippen molar-refractivity contribution < 1.29 is 19.1 Å². The number of imide groups is 1. The molecule has 0 radical (unpaired) electrons. The molecule has 0 bridgehead atoms. The second kappa shape index (κ2) is 9.38. The lowest BCUT2D eigenvalue weighted by atomic mass is 10.3. The van der Waals surface area contributed by atoms with E-state index in [1.807, 2.05) is 6.92 Å². The molecule has 4 amide bonds. The molecule has 0 fully saturated rings. The normalized spacial score (nSPS) is 9.73. The quantitative estimate of drug-likeness (QED) is 0.667. The number of carbonyl (C=O) groups is 3. The first kappa shape index (κ1) is 17.5. The zero-order chi connectivity index (χ0) is 16.4. The number of rotatable bonds is 7. The van der Waals surface area contributed by atoms with Gasteiger partial charge in [-0.3, -0.25) is 14.9 Å². The Labute approximate surface area is 129 Å². The van der Waals surface area contributed by atoms with Gasteiger partial charge in [0.15, 0.2) is 6.61 Å². The molecule has 0 aliphatic rings. The lowest BCUT2D eigenvalue weighted by molar-refractivity contribution is -0.122. The molecular weight excluding hydrogens is 286 g/mol. The maximum absolute atomic E-state index is 11.5. The van der Waals surface area contributed by atoms with E-state index in [4.69, 9.17) is 4.74 Å². The minimum absolute atomic E-state index is 0.165. The van der Waals surface area contributed by atoms with Crippen molar-refractivity contribution in [2.24, 2.45) is 0 Å². The van der Waals surface area contributed by atoms with E-state index in [1.54, 1.807) is 24.3 Å². The second-order valence-corrected chi connectivity index (χ2v) is 4.65. The average molecular weight is 307 g/mol. The van der Waals surface area contributed by atoms with E-state index < -0.39 is 11.9 Å². The van der Waals surface area contributed by atoms with Crippen LogP contribution in [0.15, 0.2) is 24.3 Å². The fourth-order valence-corrected chi connectivity index (χ4v) is 1.57. The topological polar surface area (TPSA) is 96.5 Å². The highest BCUT2D eigenvalue weighted by Crippen LogP contribution is 2.15. The summed E-state index contributed by atoms with van der Waals surface area (Å²) in [4.78, 5) is 33.7. The van der Waals surface area contributed by atoms with Crippen LogP contribution in [0.25, 0.3) is 0 Å². The molecule has 0 aliphatic heterocycles. The minimum Gasteiger partial charge on any atom is -0.484 e. The molecule has 120 valence electrons. The van der Waals surface area contributed by atoms with Crippen LogP contribution in [0.5, 0.6) is 5.75 Å². The van der Waals surface area contributed by atoms with Gasteiger partial charge in [0.1, 0.15) is 5.75 Å². The maximum Gasteiger partial charge on any atom is 0.321 e. The number of urea groups is 1. The highest BCUT2D eigenvalue weighted by molar-refractivity contribution is 5.95. The molecule has 0 unspecified atom stereocenters. The third-order valence-electron chi connectivity index (χ3n) is 2.61. The fourth-order valence-electron chi connectivity index (χ4n) is 1.57. The maximum atomic E-state index is 11.5. The van der Waals surface area contributed by atoms with Crippen molar-refractivity contribution in [3.8, 4) is 5.75 Å². The zero-order valence-corrected chi connectivity index (χ0v) is 12.8. The van der Waals surface area contributed by atoms with Gasteiger partial charge in [0.2, 0.25) is 5.91 Å². The molecular formula is C15H21N3O4. The van der Waals surface area contributed by atoms with Gasteiger partial charge >= 0.3 is 6.03 Å². The van der Waals surface area contributed by atoms with Gasteiger partial charge in [-0.1, -0.05) is 13.3 Å². The van der Waals surface area contributed by atoms with Gasteiger partial charge in [-0.05, 0) is 30.7 Å². The zero-order valence-electron chi connectivity index (χ0n) is 12.8. The van der Waals surface area contributed by atoms with E-state index in [9.17, 15) is 14.4 Å². The molecule has 3 N–H and O–H groups in total. The molecule has 0 heterocycles. The van der Waals surface area contributed by atoms with Gasteiger partial charge in [-0.15, -0.1) is 0 Å². The predicted octanol–water partition coefficient (Wildman–Crippen LogP) is 1.65. The van der Waals surface area contributed by atoms with E-state index in [0.29, 0.717) is 18.0 Å². The number of carbonyl (C=O) groups excluding carboxylic acids is 3. The monoisotopic (exact) mass is 307 g/mol. The van der Waals surface area contributed by atoms with Crippen LogP contribution in [-0.2, 0) is 9.59 Å².